The van der Waals surface area contributed by atoms with Crippen molar-refractivity contribution in [1.29, 1.82) is 0 Å². The molecule has 6 heteroatoms. The molecule has 0 spiro atoms. The average molecular weight is 350 g/mol. The maximum atomic E-state index is 12.3. The van der Waals surface area contributed by atoms with Gasteiger partial charge in [-0.3, -0.25) is 4.79 Å². The Morgan fingerprint density at radius 1 is 1.08 bits per heavy atom. The number of carbonyl (C=O) groups excluding carboxylic acids is 2. The SMILES string of the molecule is O=C(NCCNC(=O)N1CCC[C@@H]1C1CCC1)c1ccccc1Cl. The van der Waals surface area contributed by atoms with E-state index in [1.807, 2.05) is 4.90 Å². The van der Waals surface area contributed by atoms with Crippen LogP contribution in [0.5, 0.6) is 0 Å². The van der Waals surface area contributed by atoms with Gasteiger partial charge in [-0.1, -0.05) is 30.2 Å². The van der Waals surface area contributed by atoms with Gasteiger partial charge in [0.25, 0.3) is 5.91 Å². The summed E-state index contributed by atoms with van der Waals surface area (Å²) in [7, 11) is 0. The number of likely N-dealkylation sites (tertiary alicyclic amines) is 1. The van der Waals surface area contributed by atoms with Crippen LogP contribution in [-0.2, 0) is 0 Å². The summed E-state index contributed by atoms with van der Waals surface area (Å²) in [6.45, 7) is 1.65. The molecule has 0 aromatic heterocycles. The van der Waals surface area contributed by atoms with E-state index in [2.05, 4.69) is 10.6 Å². The second-order valence-corrected chi connectivity index (χ2v) is 6.97. The van der Waals surface area contributed by atoms with Gasteiger partial charge in [-0.25, -0.2) is 4.79 Å². The fourth-order valence-electron chi connectivity index (χ4n) is 3.55. The highest BCUT2D eigenvalue weighted by Gasteiger charge is 2.37. The smallest absolute Gasteiger partial charge is 0.317 e. The van der Waals surface area contributed by atoms with E-state index < -0.39 is 0 Å². The van der Waals surface area contributed by atoms with Crippen LogP contribution < -0.4 is 10.6 Å². The molecule has 1 saturated heterocycles. The Labute approximate surface area is 147 Å². The quantitative estimate of drug-likeness (QED) is 0.802. The molecule has 5 nitrogen and oxygen atoms in total. The zero-order chi connectivity index (χ0) is 16.9. The fraction of sp³-hybridized carbons (Fsp3) is 0.556. The van der Waals surface area contributed by atoms with Gasteiger partial charge in [-0.15, -0.1) is 0 Å². The number of benzene rings is 1. The summed E-state index contributed by atoms with van der Waals surface area (Å²) in [5, 5.41) is 6.13. The molecule has 1 aromatic rings. The summed E-state index contributed by atoms with van der Waals surface area (Å²) in [5.74, 6) is 0.474. The Morgan fingerprint density at radius 3 is 2.54 bits per heavy atom. The van der Waals surface area contributed by atoms with E-state index in [1.165, 1.54) is 19.3 Å². The third kappa shape index (κ3) is 3.83. The van der Waals surface area contributed by atoms with Gasteiger partial charge >= 0.3 is 6.03 Å². The predicted octanol–water partition coefficient (Wildman–Crippen LogP) is 3.04. The maximum Gasteiger partial charge on any atom is 0.317 e. The van der Waals surface area contributed by atoms with E-state index in [4.69, 9.17) is 11.6 Å². The van der Waals surface area contributed by atoms with Crippen LogP contribution in [0.3, 0.4) is 0 Å². The molecule has 1 heterocycles. The van der Waals surface area contributed by atoms with Crippen LogP contribution in [-0.4, -0.2) is 42.5 Å². The number of hydrogen-bond acceptors (Lipinski definition) is 2. The third-order valence-corrected chi connectivity index (χ3v) is 5.39. The molecule has 3 rings (SSSR count). The van der Waals surface area contributed by atoms with E-state index in [1.54, 1.807) is 24.3 Å². The van der Waals surface area contributed by atoms with Crippen LogP contribution in [0.4, 0.5) is 4.79 Å². The third-order valence-electron chi connectivity index (χ3n) is 5.06. The first-order valence-corrected chi connectivity index (χ1v) is 9.12. The number of nitrogens with one attached hydrogen (secondary N) is 2. The first kappa shape index (κ1) is 17.1. The minimum absolute atomic E-state index is 0.00334. The van der Waals surface area contributed by atoms with Crippen molar-refractivity contribution in [3.05, 3.63) is 34.9 Å². The lowest BCUT2D eigenvalue weighted by atomic mass is 9.79. The van der Waals surface area contributed by atoms with E-state index >= 15 is 0 Å². The zero-order valence-corrected chi connectivity index (χ0v) is 14.5. The lowest BCUT2D eigenvalue weighted by Crippen LogP contribution is -2.48. The van der Waals surface area contributed by atoms with Crippen molar-refractivity contribution in [2.75, 3.05) is 19.6 Å². The highest BCUT2D eigenvalue weighted by molar-refractivity contribution is 6.33. The van der Waals surface area contributed by atoms with Gasteiger partial charge in [0, 0.05) is 25.7 Å². The first-order valence-electron chi connectivity index (χ1n) is 8.74. The Balaban J connectivity index is 1.40. The van der Waals surface area contributed by atoms with Crippen molar-refractivity contribution < 1.29 is 9.59 Å². The molecule has 0 unspecified atom stereocenters. The molecule has 0 radical (unpaired) electrons. The van der Waals surface area contributed by atoms with Gasteiger partial charge in [-0.2, -0.15) is 0 Å². The molecule has 2 aliphatic rings. The van der Waals surface area contributed by atoms with Crippen LogP contribution in [0.1, 0.15) is 42.5 Å². The van der Waals surface area contributed by atoms with Crippen molar-refractivity contribution in [1.82, 2.24) is 15.5 Å². The van der Waals surface area contributed by atoms with Crippen molar-refractivity contribution in [3.63, 3.8) is 0 Å². The van der Waals surface area contributed by atoms with Gasteiger partial charge in [-0.05, 0) is 43.7 Å². The van der Waals surface area contributed by atoms with Crippen molar-refractivity contribution in [2.45, 2.75) is 38.1 Å². The summed E-state index contributed by atoms with van der Waals surface area (Å²) in [4.78, 5) is 26.4. The molecule has 130 valence electrons. The molecule has 1 saturated carbocycles. The largest absolute Gasteiger partial charge is 0.350 e. The Hall–Kier alpha value is -1.75. The van der Waals surface area contributed by atoms with Gasteiger partial charge in [0.05, 0.1) is 10.6 Å². The molecule has 0 bridgehead atoms. The molecule has 1 aromatic carbocycles. The number of amides is 3. The monoisotopic (exact) mass is 349 g/mol. The average Bonchev–Trinajstić information content (AvgIpc) is 2.99. The minimum Gasteiger partial charge on any atom is -0.350 e. The molecular weight excluding hydrogens is 326 g/mol. The molecule has 1 atom stereocenters. The number of urea groups is 1. The predicted molar refractivity (Wildman–Crippen MR) is 94.3 cm³/mol. The second-order valence-electron chi connectivity index (χ2n) is 6.56. The van der Waals surface area contributed by atoms with Gasteiger partial charge < -0.3 is 15.5 Å². The highest BCUT2D eigenvalue weighted by Crippen LogP contribution is 2.37. The minimum atomic E-state index is -0.219. The summed E-state index contributed by atoms with van der Waals surface area (Å²) >= 11 is 6.00. The van der Waals surface area contributed by atoms with Crippen LogP contribution in [0.25, 0.3) is 0 Å². The molecule has 2 N–H and O–H groups in total. The van der Waals surface area contributed by atoms with Crippen molar-refractivity contribution in [2.24, 2.45) is 5.92 Å². The molecule has 1 aliphatic heterocycles. The summed E-state index contributed by atoms with van der Waals surface area (Å²) in [6, 6.07) is 7.34. The fourth-order valence-corrected chi connectivity index (χ4v) is 3.77. The standard InChI is InChI=1S/C18H24ClN3O2/c19-15-8-2-1-7-14(15)17(23)20-10-11-21-18(24)22-12-4-9-16(22)13-5-3-6-13/h1-2,7-8,13,16H,3-6,9-12H2,(H,20,23)(H,21,24)/t16-/m1/s1. The number of hydrogen-bond donors (Lipinski definition) is 2. The van der Waals surface area contributed by atoms with Crippen LogP contribution in [0, 0.1) is 5.92 Å². The lowest BCUT2D eigenvalue weighted by Gasteiger charge is -2.36. The number of nitrogens with zero attached hydrogens (tertiary/aromatic N) is 1. The van der Waals surface area contributed by atoms with Gasteiger partial charge in [0.15, 0.2) is 0 Å². The van der Waals surface area contributed by atoms with Gasteiger partial charge in [0.2, 0.25) is 0 Å². The van der Waals surface area contributed by atoms with Crippen LogP contribution >= 0.6 is 11.6 Å². The lowest BCUT2D eigenvalue weighted by molar-refractivity contribution is 0.0953. The Kier molecular flexibility index (Phi) is 5.61. The topological polar surface area (TPSA) is 61.4 Å². The van der Waals surface area contributed by atoms with E-state index in [-0.39, 0.29) is 11.9 Å². The molecule has 2 fully saturated rings. The number of halogens is 1. The molecular formula is C18H24ClN3O2. The van der Waals surface area contributed by atoms with Crippen molar-refractivity contribution in [3.8, 4) is 0 Å². The van der Waals surface area contributed by atoms with E-state index in [0.717, 1.165) is 19.4 Å². The van der Waals surface area contributed by atoms with Gasteiger partial charge in [0.1, 0.15) is 0 Å². The van der Waals surface area contributed by atoms with E-state index in [0.29, 0.717) is 35.6 Å². The van der Waals surface area contributed by atoms with Crippen LogP contribution in [0.15, 0.2) is 24.3 Å². The maximum absolute atomic E-state index is 12.3. The molecule has 24 heavy (non-hydrogen) atoms. The Bertz CT molecular complexity index is 604. The number of rotatable bonds is 5. The molecule has 1 aliphatic carbocycles. The van der Waals surface area contributed by atoms with E-state index in [9.17, 15) is 9.59 Å². The molecule has 3 amide bonds. The summed E-state index contributed by atoms with van der Waals surface area (Å²) < 4.78 is 0. The second kappa shape index (κ2) is 7.88. The van der Waals surface area contributed by atoms with Crippen molar-refractivity contribution >= 4 is 23.5 Å². The first-order chi connectivity index (χ1) is 11.7. The Morgan fingerprint density at radius 2 is 1.83 bits per heavy atom. The highest BCUT2D eigenvalue weighted by atomic mass is 35.5. The number of carbonyl (C=O) groups is 2. The normalized spacial score (nSPS) is 20.5. The summed E-state index contributed by atoms with van der Waals surface area (Å²) in [6.07, 6.45) is 6.02. The van der Waals surface area contributed by atoms with Crippen LogP contribution in [0.2, 0.25) is 5.02 Å². The zero-order valence-electron chi connectivity index (χ0n) is 13.8. The summed E-state index contributed by atoms with van der Waals surface area (Å²) in [5.41, 5.74) is 0.454.